The van der Waals surface area contributed by atoms with Crippen LogP contribution in [-0.2, 0) is 0 Å². The van der Waals surface area contributed by atoms with Crippen molar-refractivity contribution in [2.45, 2.75) is 17.7 Å². The van der Waals surface area contributed by atoms with E-state index in [9.17, 15) is 4.79 Å². The standard InChI is InChI=1S/C15H21NO2S/c1-19-14-6-4-12(5-7-14)15(18)13-3-2-8-16(11-13)9-10-17/h4-7,13,17H,2-3,8-11H2,1H3/t13-/m0/s1. The molecule has 3 nitrogen and oxygen atoms in total. The number of Topliss-reactive ketones (excluding diaryl/α,β-unsaturated/α-hetero) is 1. The molecule has 0 aliphatic carbocycles. The minimum Gasteiger partial charge on any atom is -0.395 e. The predicted molar refractivity (Wildman–Crippen MR) is 78.8 cm³/mol. The second-order valence-electron chi connectivity index (χ2n) is 4.96. The Balaban J connectivity index is 2.01. The average Bonchev–Trinajstić information content (AvgIpc) is 2.47. The van der Waals surface area contributed by atoms with Gasteiger partial charge in [0, 0.05) is 29.5 Å². The van der Waals surface area contributed by atoms with Crippen molar-refractivity contribution in [3.05, 3.63) is 29.8 Å². The Hall–Kier alpha value is -0.840. The van der Waals surface area contributed by atoms with E-state index in [0.29, 0.717) is 6.54 Å². The Kier molecular flexibility index (Phi) is 5.43. The fraction of sp³-hybridized carbons (Fsp3) is 0.533. The number of β-amino-alcohol motifs (C(OH)–C–C–N with tert-alkyl or cyclic N) is 1. The molecule has 0 aromatic heterocycles. The fourth-order valence-corrected chi connectivity index (χ4v) is 3.01. The molecule has 4 heteroatoms. The van der Waals surface area contributed by atoms with Crippen LogP contribution in [0.2, 0.25) is 0 Å². The molecule has 0 radical (unpaired) electrons. The molecule has 0 amide bonds. The number of ketones is 1. The lowest BCUT2D eigenvalue weighted by Gasteiger charge is -2.31. The van der Waals surface area contributed by atoms with Crippen LogP contribution in [0.15, 0.2) is 29.2 Å². The Bertz CT molecular complexity index is 417. The van der Waals surface area contributed by atoms with E-state index in [1.165, 1.54) is 4.90 Å². The smallest absolute Gasteiger partial charge is 0.167 e. The number of aliphatic hydroxyl groups is 1. The maximum atomic E-state index is 12.5. The fourth-order valence-electron chi connectivity index (χ4n) is 2.61. The largest absolute Gasteiger partial charge is 0.395 e. The van der Waals surface area contributed by atoms with E-state index in [2.05, 4.69) is 4.90 Å². The topological polar surface area (TPSA) is 40.5 Å². The third-order valence-corrected chi connectivity index (χ3v) is 4.41. The number of likely N-dealkylation sites (tertiary alicyclic amines) is 1. The molecule has 1 fully saturated rings. The first-order chi connectivity index (χ1) is 9.24. The van der Waals surface area contributed by atoms with E-state index < -0.39 is 0 Å². The monoisotopic (exact) mass is 279 g/mol. The van der Waals surface area contributed by atoms with Crippen LogP contribution >= 0.6 is 11.8 Å². The highest BCUT2D eigenvalue weighted by molar-refractivity contribution is 7.98. The Morgan fingerprint density at radius 1 is 1.42 bits per heavy atom. The zero-order valence-electron chi connectivity index (χ0n) is 11.3. The number of benzene rings is 1. The van der Waals surface area contributed by atoms with Gasteiger partial charge < -0.3 is 10.0 Å². The molecule has 1 aromatic rings. The van der Waals surface area contributed by atoms with Crippen molar-refractivity contribution in [2.24, 2.45) is 5.92 Å². The number of piperidine rings is 1. The predicted octanol–water partition coefficient (Wildman–Crippen LogP) is 2.30. The van der Waals surface area contributed by atoms with E-state index >= 15 is 0 Å². The Labute approximate surface area is 119 Å². The minimum atomic E-state index is 0.0837. The molecule has 104 valence electrons. The van der Waals surface area contributed by atoms with E-state index in [-0.39, 0.29) is 18.3 Å². The van der Waals surface area contributed by atoms with Crippen LogP contribution in [0.3, 0.4) is 0 Å². The van der Waals surface area contributed by atoms with Gasteiger partial charge in [0.25, 0.3) is 0 Å². The molecule has 0 unspecified atom stereocenters. The zero-order chi connectivity index (χ0) is 13.7. The zero-order valence-corrected chi connectivity index (χ0v) is 12.2. The summed E-state index contributed by atoms with van der Waals surface area (Å²) in [5.74, 6) is 0.329. The van der Waals surface area contributed by atoms with Crippen LogP contribution in [0, 0.1) is 5.92 Å². The van der Waals surface area contributed by atoms with Gasteiger partial charge in [-0.2, -0.15) is 0 Å². The summed E-state index contributed by atoms with van der Waals surface area (Å²) < 4.78 is 0. The maximum Gasteiger partial charge on any atom is 0.167 e. The van der Waals surface area contributed by atoms with Crippen LogP contribution in [-0.4, -0.2) is 48.3 Å². The lowest BCUT2D eigenvalue weighted by molar-refractivity contribution is 0.0794. The number of nitrogens with zero attached hydrogens (tertiary/aromatic N) is 1. The van der Waals surface area contributed by atoms with Gasteiger partial charge in [-0.15, -0.1) is 11.8 Å². The number of hydrogen-bond donors (Lipinski definition) is 1. The number of hydrogen-bond acceptors (Lipinski definition) is 4. The first kappa shape index (κ1) is 14.6. The number of rotatable bonds is 5. The van der Waals surface area contributed by atoms with Gasteiger partial charge >= 0.3 is 0 Å². The average molecular weight is 279 g/mol. The molecule has 1 atom stereocenters. The van der Waals surface area contributed by atoms with Crippen LogP contribution in [0.25, 0.3) is 0 Å². The van der Waals surface area contributed by atoms with Crippen LogP contribution in [0.5, 0.6) is 0 Å². The number of thioether (sulfide) groups is 1. The molecule has 19 heavy (non-hydrogen) atoms. The van der Waals surface area contributed by atoms with Gasteiger partial charge in [0.05, 0.1) is 6.61 Å². The molecule has 1 aliphatic rings. The van der Waals surface area contributed by atoms with Crippen LogP contribution in [0.1, 0.15) is 23.2 Å². The van der Waals surface area contributed by atoms with Gasteiger partial charge in [0.1, 0.15) is 0 Å². The summed E-state index contributed by atoms with van der Waals surface area (Å²) in [6.45, 7) is 2.62. The molecule has 1 saturated heterocycles. The van der Waals surface area contributed by atoms with Crippen molar-refractivity contribution < 1.29 is 9.90 Å². The van der Waals surface area contributed by atoms with Gasteiger partial charge in [-0.1, -0.05) is 12.1 Å². The summed E-state index contributed by atoms with van der Waals surface area (Å²) in [7, 11) is 0. The van der Waals surface area contributed by atoms with Gasteiger partial charge in [-0.3, -0.25) is 4.79 Å². The van der Waals surface area contributed by atoms with E-state index in [4.69, 9.17) is 5.11 Å². The van der Waals surface area contributed by atoms with Crippen LogP contribution in [0.4, 0.5) is 0 Å². The molecule has 0 spiro atoms. The van der Waals surface area contributed by atoms with E-state index in [0.717, 1.165) is 31.5 Å². The van der Waals surface area contributed by atoms with Crippen molar-refractivity contribution in [1.82, 2.24) is 4.90 Å². The first-order valence-corrected chi connectivity index (χ1v) is 7.98. The van der Waals surface area contributed by atoms with E-state index in [1.807, 2.05) is 30.5 Å². The lowest BCUT2D eigenvalue weighted by Crippen LogP contribution is -2.40. The van der Waals surface area contributed by atoms with E-state index in [1.54, 1.807) is 11.8 Å². The summed E-state index contributed by atoms with van der Waals surface area (Å²) in [6, 6.07) is 7.87. The molecule has 0 saturated carbocycles. The van der Waals surface area contributed by atoms with Gasteiger partial charge in [-0.25, -0.2) is 0 Å². The summed E-state index contributed by atoms with van der Waals surface area (Å²) in [4.78, 5) is 15.8. The third kappa shape index (κ3) is 3.81. The number of aliphatic hydroxyl groups excluding tert-OH is 1. The number of carbonyl (C=O) groups is 1. The first-order valence-electron chi connectivity index (χ1n) is 6.76. The summed E-state index contributed by atoms with van der Waals surface area (Å²) in [5, 5.41) is 8.99. The van der Waals surface area contributed by atoms with Crippen molar-refractivity contribution >= 4 is 17.5 Å². The quantitative estimate of drug-likeness (QED) is 0.663. The summed E-state index contributed by atoms with van der Waals surface area (Å²) in [6.07, 6.45) is 4.04. The summed E-state index contributed by atoms with van der Waals surface area (Å²) in [5.41, 5.74) is 0.814. The van der Waals surface area contributed by atoms with Gasteiger partial charge in [-0.05, 0) is 37.8 Å². The van der Waals surface area contributed by atoms with Crippen molar-refractivity contribution in [2.75, 3.05) is 32.5 Å². The molecule has 2 rings (SSSR count). The minimum absolute atomic E-state index is 0.0837. The SMILES string of the molecule is CSc1ccc(C(=O)[C@H]2CCCN(CCO)C2)cc1. The second-order valence-corrected chi connectivity index (χ2v) is 5.84. The van der Waals surface area contributed by atoms with Crippen molar-refractivity contribution in [3.63, 3.8) is 0 Å². The lowest BCUT2D eigenvalue weighted by atomic mass is 9.90. The van der Waals surface area contributed by atoms with Crippen LogP contribution < -0.4 is 0 Å². The van der Waals surface area contributed by atoms with Gasteiger partial charge in [0.15, 0.2) is 5.78 Å². The highest BCUT2D eigenvalue weighted by atomic mass is 32.2. The second kappa shape index (κ2) is 7.08. The highest BCUT2D eigenvalue weighted by Gasteiger charge is 2.26. The number of carbonyl (C=O) groups excluding carboxylic acids is 1. The van der Waals surface area contributed by atoms with Crippen molar-refractivity contribution in [1.29, 1.82) is 0 Å². The molecule has 1 aromatic carbocycles. The molecule has 1 aliphatic heterocycles. The molecular weight excluding hydrogens is 258 g/mol. The molecule has 1 N–H and O–H groups in total. The summed E-state index contributed by atoms with van der Waals surface area (Å²) >= 11 is 1.68. The normalized spacial score (nSPS) is 20.4. The third-order valence-electron chi connectivity index (χ3n) is 3.67. The Morgan fingerprint density at radius 3 is 2.79 bits per heavy atom. The molecular formula is C15H21NO2S. The van der Waals surface area contributed by atoms with Gasteiger partial charge in [0.2, 0.25) is 0 Å². The molecule has 1 heterocycles. The highest BCUT2D eigenvalue weighted by Crippen LogP contribution is 2.22. The van der Waals surface area contributed by atoms with Crippen molar-refractivity contribution in [3.8, 4) is 0 Å². The Morgan fingerprint density at radius 2 is 2.16 bits per heavy atom. The maximum absolute atomic E-state index is 12.5. The molecule has 0 bridgehead atoms.